The molecule has 0 aliphatic rings. The zero-order chi connectivity index (χ0) is 15.5. The summed E-state index contributed by atoms with van der Waals surface area (Å²) in [5, 5.41) is 15.4. The van der Waals surface area contributed by atoms with Gasteiger partial charge in [0.05, 0.1) is 12.0 Å². The van der Waals surface area contributed by atoms with Gasteiger partial charge in [0, 0.05) is 11.7 Å². The molecule has 0 atom stereocenters. The summed E-state index contributed by atoms with van der Waals surface area (Å²) in [4.78, 5) is 30.7. The Morgan fingerprint density at radius 1 is 1.38 bits per heavy atom. The van der Waals surface area contributed by atoms with Crippen LogP contribution in [0.3, 0.4) is 0 Å². The van der Waals surface area contributed by atoms with Crippen LogP contribution in [0.2, 0.25) is 0 Å². The summed E-state index contributed by atoms with van der Waals surface area (Å²) in [6, 6.07) is 3.23. The average Bonchev–Trinajstić information content (AvgIpc) is 2.90. The van der Waals surface area contributed by atoms with Crippen LogP contribution < -0.4 is 5.32 Å². The molecule has 8 nitrogen and oxygen atoms in total. The maximum Gasteiger partial charge on any atom is 0.305 e. The van der Waals surface area contributed by atoms with Crippen molar-refractivity contribution in [2.75, 3.05) is 0 Å². The van der Waals surface area contributed by atoms with Crippen LogP contribution in [0.15, 0.2) is 31.0 Å². The summed E-state index contributed by atoms with van der Waals surface area (Å²) in [6.07, 6.45) is 4.13. The lowest BCUT2D eigenvalue weighted by molar-refractivity contribution is -0.138. The number of aliphatic carboxylic acids is 1. The summed E-state index contributed by atoms with van der Waals surface area (Å²) < 4.78 is 1.47. The summed E-state index contributed by atoms with van der Waals surface area (Å²) in [7, 11) is 0. The van der Waals surface area contributed by atoms with Crippen LogP contribution in [0.4, 0.5) is 0 Å². The van der Waals surface area contributed by atoms with E-state index in [1.807, 2.05) is 0 Å². The fourth-order valence-corrected chi connectivity index (χ4v) is 1.78. The van der Waals surface area contributed by atoms with Gasteiger partial charge in [0.25, 0.3) is 5.91 Å². The number of nitrogens with one attached hydrogen (secondary N) is 1. The number of aromatic nitrogens is 4. The summed E-state index contributed by atoms with van der Waals surface area (Å²) in [5.41, 5.74) is -0.495. The summed E-state index contributed by atoms with van der Waals surface area (Å²) in [5.74, 6) is -0.812. The molecule has 0 aromatic carbocycles. The highest BCUT2D eigenvalue weighted by Gasteiger charge is 2.24. The van der Waals surface area contributed by atoms with Crippen molar-refractivity contribution < 1.29 is 14.7 Å². The SMILES string of the molecule is CC(C)(CC(=O)O)NC(=O)c1ccc(-n2cncn2)nc1. The highest BCUT2D eigenvalue weighted by molar-refractivity contribution is 5.94. The molecule has 0 saturated heterocycles. The Hall–Kier alpha value is -2.77. The third kappa shape index (κ3) is 3.85. The monoisotopic (exact) mass is 289 g/mol. The topological polar surface area (TPSA) is 110 Å². The lowest BCUT2D eigenvalue weighted by Crippen LogP contribution is -2.44. The largest absolute Gasteiger partial charge is 0.481 e. The van der Waals surface area contributed by atoms with Gasteiger partial charge in [-0.25, -0.2) is 14.6 Å². The van der Waals surface area contributed by atoms with Gasteiger partial charge in [0.2, 0.25) is 0 Å². The molecule has 0 radical (unpaired) electrons. The van der Waals surface area contributed by atoms with Crippen molar-refractivity contribution in [2.45, 2.75) is 25.8 Å². The summed E-state index contributed by atoms with van der Waals surface area (Å²) in [6.45, 7) is 3.30. The van der Waals surface area contributed by atoms with Gasteiger partial charge in [0.1, 0.15) is 12.7 Å². The number of amides is 1. The Labute approximate surface area is 120 Å². The Kier molecular flexibility index (Phi) is 3.97. The molecule has 2 N–H and O–H groups in total. The van der Waals surface area contributed by atoms with Gasteiger partial charge in [-0.15, -0.1) is 0 Å². The third-order valence-corrected chi connectivity index (χ3v) is 2.71. The van der Waals surface area contributed by atoms with E-state index in [9.17, 15) is 9.59 Å². The molecule has 0 unspecified atom stereocenters. The highest BCUT2D eigenvalue weighted by atomic mass is 16.4. The van der Waals surface area contributed by atoms with Crippen molar-refractivity contribution in [3.05, 3.63) is 36.5 Å². The lowest BCUT2D eigenvalue weighted by Gasteiger charge is -2.24. The summed E-state index contributed by atoms with van der Waals surface area (Å²) >= 11 is 0. The second kappa shape index (κ2) is 5.70. The van der Waals surface area contributed by atoms with E-state index in [0.29, 0.717) is 11.4 Å². The minimum absolute atomic E-state index is 0.163. The van der Waals surface area contributed by atoms with Crippen LogP contribution in [-0.4, -0.2) is 42.3 Å². The van der Waals surface area contributed by atoms with E-state index in [1.165, 1.54) is 23.5 Å². The minimum Gasteiger partial charge on any atom is -0.481 e. The van der Waals surface area contributed by atoms with Gasteiger partial charge in [-0.3, -0.25) is 9.59 Å². The molecule has 0 spiro atoms. The molecular weight excluding hydrogens is 274 g/mol. The van der Waals surface area contributed by atoms with Crippen LogP contribution in [0.1, 0.15) is 30.6 Å². The zero-order valence-electron chi connectivity index (χ0n) is 11.6. The fraction of sp³-hybridized carbons (Fsp3) is 0.308. The maximum atomic E-state index is 12.1. The Morgan fingerprint density at radius 3 is 2.67 bits per heavy atom. The van der Waals surface area contributed by atoms with E-state index in [4.69, 9.17) is 5.11 Å². The van der Waals surface area contributed by atoms with Crippen molar-refractivity contribution in [2.24, 2.45) is 0 Å². The molecule has 0 aliphatic heterocycles. The number of carbonyl (C=O) groups is 2. The lowest BCUT2D eigenvalue weighted by atomic mass is 10.0. The standard InChI is InChI=1S/C13H15N5O3/c1-13(2,5-11(19)20)17-12(21)9-3-4-10(15-6-9)18-8-14-7-16-18/h3-4,6-8H,5H2,1-2H3,(H,17,21)(H,19,20). The van der Waals surface area contributed by atoms with Crippen molar-refractivity contribution in [3.63, 3.8) is 0 Å². The van der Waals surface area contributed by atoms with Crippen molar-refractivity contribution in [1.29, 1.82) is 0 Å². The van der Waals surface area contributed by atoms with E-state index in [0.717, 1.165) is 0 Å². The smallest absolute Gasteiger partial charge is 0.305 e. The van der Waals surface area contributed by atoms with E-state index in [1.54, 1.807) is 26.0 Å². The van der Waals surface area contributed by atoms with Gasteiger partial charge >= 0.3 is 5.97 Å². The van der Waals surface area contributed by atoms with Crippen LogP contribution in [0, 0.1) is 0 Å². The Bertz CT molecular complexity index is 634. The van der Waals surface area contributed by atoms with Gasteiger partial charge in [-0.2, -0.15) is 5.10 Å². The molecule has 21 heavy (non-hydrogen) atoms. The van der Waals surface area contributed by atoms with Crippen molar-refractivity contribution >= 4 is 11.9 Å². The normalized spacial score (nSPS) is 11.1. The van der Waals surface area contributed by atoms with E-state index in [-0.39, 0.29) is 12.3 Å². The molecular formula is C13H15N5O3. The van der Waals surface area contributed by atoms with Crippen molar-refractivity contribution in [1.82, 2.24) is 25.1 Å². The number of nitrogens with zero attached hydrogens (tertiary/aromatic N) is 4. The zero-order valence-corrected chi connectivity index (χ0v) is 11.6. The first-order valence-corrected chi connectivity index (χ1v) is 6.23. The van der Waals surface area contributed by atoms with Gasteiger partial charge in [0.15, 0.2) is 5.82 Å². The average molecular weight is 289 g/mol. The molecule has 110 valence electrons. The van der Waals surface area contributed by atoms with Gasteiger partial charge in [-0.05, 0) is 26.0 Å². The van der Waals surface area contributed by atoms with Crippen molar-refractivity contribution in [3.8, 4) is 5.82 Å². The number of pyridine rings is 1. The van der Waals surface area contributed by atoms with E-state index >= 15 is 0 Å². The second-order valence-electron chi connectivity index (χ2n) is 5.15. The van der Waals surface area contributed by atoms with Crippen LogP contribution in [-0.2, 0) is 4.79 Å². The minimum atomic E-state index is -0.972. The maximum absolute atomic E-state index is 12.1. The predicted molar refractivity (Wildman–Crippen MR) is 73.0 cm³/mol. The fourth-order valence-electron chi connectivity index (χ4n) is 1.78. The molecule has 0 bridgehead atoms. The number of carbonyl (C=O) groups excluding carboxylic acids is 1. The molecule has 2 aromatic heterocycles. The first-order chi connectivity index (χ1) is 9.87. The second-order valence-corrected chi connectivity index (χ2v) is 5.15. The Balaban J connectivity index is 2.08. The molecule has 0 fully saturated rings. The molecule has 2 rings (SSSR count). The van der Waals surface area contributed by atoms with Gasteiger partial charge < -0.3 is 10.4 Å². The van der Waals surface area contributed by atoms with Crippen LogP contribution in [0.25, 0.3) is 5.82 Å². The first-order valence-electron chi connectivity index (χ1n) is 6.23. The number of hydrogen-bond acceptors (Lipinski definition) is 5. The molecule has 0 aliphatic carbocycles. The number of carboxylic acid groups (broad SMARTS) is 1. The number of rotatable bonds is 5. The van der Waals surface area contributed by atoms with Gasteiger partial charge in [-0.1, -0.05) is 0 Å². The quantitative estimate of drug-likeness (QED) is 0.836. The molecule has 0 saturated carbocycles. The first kappa shape index (κ1) is 14.6. The molecule has 2 heterocycles. The molecule has 2 aromatic rings. The van der Waals surface area contributed by atoms with E-state index in [2.05, 4.69) is 20.4 Å². The number of hydrogen-bond donors (Lipinski definition) is 2. The van der Waals surface area contributed by atoms with Crippen LogP contribution in [0.5, 0.6) is 0 Å². The molecule has 1 amide bonds. The highest BCUT2D eigenvalue weighted by Crippen LogP contribution is 2.11. The Morgan fingerprint density at radius 2 is 2.14 bits per heavy atom. The third-order valence-electron chi connectivity index (χ3n) is 2.71. The van der Waals surface area contributed by atoms with Crippen LogP contribution >= 0.6 is 0 Å². The molecule has 8 heteroatoms. The predicted octanol–water partition coefficient (Wildman–Crippen LogP) is 0.645. The number of carboxylic acids is 1. The van der Waals surface area contributed by atoms with E-state index < -0.39 is 11.5 Å².